The monoisotopic (exact) mass is 565 g/mol. The van der Waals surface area contributed by atoms with Gasteiger partial charge in [-0.2, -0.15) is 0 Å². The third kappa shape index (κ3) is 4.72. The highest BCUT2D eigenvalue weighted by atomic mass is 16.5. The zero-order chi connectivity index (χ0) is 29.4. The lowest BCUT2D eigenvalue weighted by Gasteiger charge is -2.37. The second kappa shape index (κ2) is 11.3. The van der Waals surface area contributed by atoms with Crippen LogP contribution in [0.15, 0.2) is 48.5 Å². The number of aliphatic hydroxyl groups is 1. The molecule has 2 aromatic carbocycles. The molecule has 2 unspecified atom stereocenters. The van der Waals surface area contributed by atoms with Gasteiger partial charge in [0.2, 0.25) is 17.7 Å². The number of hydrogen-bond acceptors (Lipinski definition) is 7. The van der Waals surface area contributed by atoms with Crippen LogP contribution in [0.5, 0.6) is 11.5 Å². The lowest BCUT2D eigenvalue weighted by Crippen LogP contribution is -2.56. The van der Waals surface area contributed by atoms with Crippen molar-refractivity contribution in [2.45, 2.75) is 69.7 Å². The van der Waals surface area contributed by atoms with Crippen molar-refractivity contribution in [2.75, 3.05) is 31.0 Å². The predicted molar refractivity (Wildman–Crippen MR) is 153 cm³/mol. The normalized spacial score (nSPS) is 28.8. The predicted octanol–water partition coefficient (Wildman–Crippen LogP) is 3.60. The summed E-state index contributed by atoms with van der Waals surface area (Å²) >= 11 is 0. The summed E-state index contributed by atoms with van der Waals surface area (Å²) < 4.78 is 17.5. The number of rotatable bonds is 11. The maximum Gasteiger partial charge on any atom is 0.250 e. The summed E-state index contributed by atoms with van der Waals surface area (Å²) in [6, 6.07) is 12.4. The fourth-order valence-electron chi connectivity index (χ4n) is 7.07. The van der Waals surface area contributed by atoms with Crippen LogP contribution in [-0.2, 0) is 19.1 Å². The summed E-state index contributed by atoms with van der Waals surface area (Å²) in [5, 5.41) is 16.2. The summed E-state index contributed by atoms with van der Waals surface area (Å²) in [5.74, 6) is -1.36. The van der Waals surface area contributed by atoms with E-state index < -0.39 is 41.0 Å². The van der Waals surface area contributed by atoms with Crippen molar-refractivity contribution in [3.8, 4) is 11.5 Å². The number of hydrogen-bond donors (Lipinski definition) is 3. The Morgan fingerprint density at radius 1 is 1.00 bits per heavy atom. The van der Waals surface area contributed by atoms with E-state index in [1.54, 1.807) is 55.6 Å². The van der Waals surface area contributed by atoms with Crippen molar-refractivity contribution in [1.82, 2.24) is 4.90 Å². The van der Waals surface area contributed by atoms with Crippen LogP contribution in [0.25, 0.3) is 0 Å². The fraction of sp³-hybridized carbons (Fsp3) is 0.516. The first-order chi connectivity index (χ1) is 19.8. The number of aliphatic hydroxyl groups excluding tert-OH is 1. The molecule has 2 aromatic rings. The van der Waals surface area contributed by atoms with Gasteiger partial charge in [0.15, 0.2) is 0 Å². The van der Waals surface area contributed by atoms with Crippen molar-refractivity contribution >= 4 is 29.1 Å². The zero-order valence-corrected chi connectivity index (χ0v) is 24.0. The number of likely N-dealkylation sites (tertiary alicyclic amines) is 1. The van der Waals surface area contributed by atoms with Crippen molar-refractivity contribution in [3.63, 3.8) is 0 Å². The number of methoxy groups -OCH3 is 1. The highest BCUT2D eigenvalue weighted by Crippen LogP contribution is 2.64. The van der Waals surface area contributed by atoms with Crippen molar-refractivity contribution in [2.24, 2.45) is 11.8 Å². The number of carbonyl (C=O) groups excluding carboxylic acids is 3. The molecule has 10 heteroatoms. The van der Waals surface area contributed by atoms with Gasteiger partial charge in [-0.3, -0.25) is 14.4 Å². The molecule has 3 saturated heterocycles. The van der Waals surface area contributed by atoms with Crippen LogP contribution < -0.4 is 20.1 Å². The SMILES string of the molecule is CCOc1ccc(NC(=O)[C@@H]2[C@H]3C(=O)N([C@@H](CC)CO)C(C(=O)Nc4ccc(OC)cc4)C34CC[C@@]2(CC)O4)cc1. The van der Waals surface area contributed by atoms with Gasteiger partial charge in [0.25, 0.3) is 0 Å². The lowest BCUT2D eigenvalue weighted by atomic mass is 9.65. The third-order valence-corrected chi connectivity index (χ3v) is 9.02. The van der Waals surface area contributed by atoms with Gasteiger partial charge >= 0.3 is 0 Å². The lowest BCUT2D eigenvalue weighted by molar-refractivity contribution is -0.148. The topological polar surface area (TPSA) is 126 Å². The largest absolute Gasteiger partial charge is 0.497 e. The molecule has 1 spiro atoms. The van der Waals surface area contributed by atoms with Crippen molar-refractivity contribution in [3.05, 3.63) is 48.5 Å². The van der Waals surface area contributed by atoms with Crippen molar-refractivity contribution in [1.29, 1.82) is 0 Å². The molecule has 3 N–H and O–H groups in total. The average Bonchev–Trinajstić information content (AvgIpc) is 3.59. The van der Waals surface area contributed by atoms with Crippen LogP contribution in [0.1, 0.15) is 46.5 Å². The van der Waals surface area contributed by atoms with E-state index in [4.69, 9.17) is 14.2 Å². The minimum Gasteiger partial charge on any atom is -0.497 e. The molecule has 220 valence electrons. The number of benzene rings is 2. The average molecular weight is 566 g/mol. The second-order valence-corrected chi connectivity index (χ2v) is 11.0. The van der Waals surface area contributed by atoms with Gasteiger partial charge in [0.1, 0.15) is 23.1 Å². The van der Waals surface area contributed by atoms with Crippen LogP contribution in [0, 0.1) is 11.8 Å². The summed E-state index contributed by atoms with van der Waals surface area (Å²) in [6.45, 7) is 5.94. The minimum absolute atomic E-state index is 0.306. The fourth-order valence-corrected chi connectivity index (χ4v) is 7.07. The summed E-state index contributed by atoms with van der Waals surface area (Å²) in [5.41, 5.74) is -0.934. The smallest absolute Gasteiger partial charge is 0.250 e. The Morgan fingerprint density at radius 2 is 1.61 bits per heavy atom. The quantitative estimate of drug-likeness (QED) is 0.380. The number of ether oxygens (including phenoxy) is 3. The molecule has 3 aliphatic heterocycles. The van der Waals surface area contributed by atoms with Crippen LogP contribution in [0.4, 0.5) is 11.4 Å². The number of nitrogens with zero attached hydrogens (tertiary/aromatic N) is 1. The summed E-state index contributed by atoms with van der Waals surface area (Å²) in [4.78, 5) is 43.7. The van der Waals surface area contributed by atoms with Crippen LogP contribution in [-0.4, -0.2) is 71.3 Å². The Bertz CT molecular complexity index is 1280. The maximum atomic E-state index is 14.3. The molecule has 0 saturated carbocycles. The molecule has 0 aliphatic carbocycles. The summed E-state index contributed by atoms with van der Waals surface area (Å²) in [7, 11) is 1.56. The highest BCUT2D eigenvalue weighted by molar-refractivity contribution is 6.05. The highest BCUT2D eigenvalue weighted by Gasteiger charge is 2.79. The summed E-state index contributed by atoms with van der Waals surface area (Å²) in [6.07, 6.45) is 1.97. The molecule has 3 amide bonds. The van der Waals surface area contributed by atoms with Crippen molar-refractivity contribution < 1.29 is 33.7 Å². The van der Waals surface area contributed by atoms with Gasteiger partial charge in [-0.1, -0.05) is 13.8 Å². The molecule has 5 rings (SSSR count). The molecule has 0 radical (unpaired) electrons. The van der Waals surface area contributed by atoms with E-state index in [9.17, 15) is 19.5 Å². The Balaban J connectivity index is 1.49. The Labute approximate surface area is 240 Å². The standard InChI is InChI=1S/C31H39N3O7/c1-5-21(18-35)34-26(28(37)33-20-8-12-22(39-4)13-9-20)31-17-16-30(6-2,41-31)24(25(31)29(34)38)27(36)32-19-10-14-23(15-11-19)40-7-3/h8-15,21,24-26,35H,5-7,16-18H2,1-4H3,(H,32,36)(H,33,37)/t21-,24-,25-,26?,30+,31?/m0/s1. The molecule has 2 bridgehead atoms. The van der Waals surface area contributed by atoms with Gasteiger partial charge in [-0.05, 0) is 81.1 Å². The third-order valence-electron chi connectivity index (χ3n) is 9.02. The van der Waals surface area contributed by atoms with Gasteiger partial charge in [-0.25, -0.2) is 0 Å². The zero-order valence-electron chi connectivity index (χ0n) is 24.0. The number of amides is 3. The second-order valence-electron chi connectivity index (χ2n) is 11.0. The minimum atomic E-state index is -1.19. The van der Waals surface area contributed by atoms with E-state index in [-0.39, 0.29) is 18.4 Å². The first-order valence-electron chi connectivity index (χ1n) is 14.4. The molecule has 41 heavy (non-hydrogen) atoms. The number of fused-ring (bicyclic) bond motifs is 1. The molecule has 10 nitrogen and oxygen atoms in total. The number of carbonyl (C=O) groups is 3. The van der Waals surface area contributed by atoms with Gasteiger partial charge in [0, 0.05) is 11.4 Å². The Hall–Kier alpha value is -3.63. The Morgan fingerprint density at radius 3 is 2.15 bits per heavy atom. The molecule has 3 heterocycles. The van der Waals surface area contributed by atoms with Gasteiger partial charge in [-0.15, -0.1) is 0 Å². The Kier molecular flexibility index (Phi) is 7.98. The number of nitrogens with one attached hydrogen (secondary N) is 2. The molecular weight excluding hydrogens is 526 g/mol. The van der Waals surface area contributed by atoms with E-state index in [0.29, 0.717) is 55.2 Å². The molecule has 6 atom stereocenters. The van der Waals surface area contributed by atoms with E-state index >= 15 is 0 Å². The molecule has 3 fully saturated rings. The van der Waals surface area contributed by atoms with Gasteiger partial charge < -0.3 is 34.9 Å². The van der Waals surface area contributed by atoms with Crippen LogP contribution in [0.2, 0.25) is 0 Å². The van der Waals surface area contributed by atoms with E-state index in [0.717, 1.165) is 0 Å². The first-order valence-corrected chi connectivity index (χ1v) is 14.4. The molecular formula is C31H39N3O7. The molecule has 3 aliphatic rings. The first kappa shape index (κ1) is 28.9. The van der Waals surface area contributed by atoms with E-state index in [1.807, 2.05) is 20.8 Å². The van der Waals surface area contributed by atoms with Gasteiger partial charge in [0.05, 0.1) is 43.8 Å². The molecule has 0 aromatic heterocycles. The van der Waals surface area contributed by atoms with Crippen LogP contribution >= 0.6 is 0 Å². The van der Waals surface area contributed by atoms with E-state index in [1.165, 1.54) is 4.90 Å². The maximum absolute atomic E-state index is 14.3. The van der Waals surface area contributed by atoms with E-state index in [2.05, 4.69) is 10.6 Å². The van der Waals surface area contributed by atoms with Crippen LogP contribution in [0.3, 0.4) is 0 Å². The number of anilines is 2.